The van der Waals surface area contributed by atoms with Gasteiger partial charge in [-0.1, -0.05) is 59.7 Å². The SMILES string of the molecule is CC.CC(=O)CCCN(C)C(=O)c1ccccc1.CCc1cc2c(c3c1=[N+](C)CCC3)C(C)(C)c1cc3c(cc1C=2)C(C)CC(C)(C)N3CC. The molecule has 1 unspecified atom stereocenters. The first-order valence-corrected chi connectivity index (χ1v) is 19.2. The lowest BCUT2D eigenvalue weighted by Gasteiger charge is -2.48. The predicted octanol–water partition coefficient (Wildman–Crippen LogP) is 8.05. The summed E-state index contributed by atoms with van der Waals surface area (Å²) in [5, 5.41) is 2.98. The van der Waals surface area contributed by atoms with Crippen molar-refractivity contribution in [3.05, 3.63) is 98.1 Å². The van der Waals surface area contributed by atoms with E-state index in [1.54, 1.807) is 42.1 Å². The predicted molar refractivity (Wildman–Crippen MR) is 212 cm³/mol. The van der Waals surface area contributed by atoms with E-state index in [0.717, 1.165) is 19.4 Å². The summed E-state index contributed by atoms with van der Waals surface area (Å²) in [7, 11) is 4.05. The molecule has 0 N–H and O–H groups in total. The van der Waals surface area contributed by atoms with Gasteiger partial charge in [0.05, 0.1) is 0 Å². The Morgan fingerprint density at radius 1 is 1.02 bits per heavy atom. The van der Waals surface area contributed by atoms with Crippen LogP contribution in [-0.2, 0) is 23.1 Å². The minimum atomic E-state index is 0.00384. The molecular weight excluding hydrogens is 615 g/mol. The van der Waals surface area contributed by atoms with Gasteiger partial charge >= 0.3 is 0 Å². The van der Waals surface area contributed by atoms with Gasteiger partial charge in [-0.25, -0.2) is 4.58 Å². The highest BCUT2D eigenvalue weighted by atomic mass is 16.2. The lowest BCUT2D eigenvalue weighted by Crippen LogP contribution is -2.48. The molecule has 2 aliphatic heterocycles. The summed E-state index contributed by atoms with van der Waals surface area (Å²) in [5.41, 5.74) is 11.6. The van der Waals surface area contributed by atoms with Crippen molar-refractivity contribution in [3.8, 4) is 0 Å². The highest BCUT2D eigenvalue weighted by Gasteiger charge is 2.40. The van der Waals surface area contributed by atoms with Crippen LogP contribution in [0.25, 0.3) is 6.08 Å². The number of Topliss-reactive ketones (excluding diaryl/α,β-unsaturated/α-hetero) is 1. The maximum absolute atomic E-state index is 11.9. The van der Waals surface area contributed by atoms with E-state index >= 15 is 0 Å². The van der Waals surface area contributed by atoms with Gasteiger partial charge in [-0.05, 0) is 123 Å². The van der Waals surface area contributed by atoms with Crippen LogP contribution in [0, 0.1) is 0 Å². The molecule has 270 valence electrons. The lowest BCUT2D eigenvalue weighted by atomic mass is 9.67. The topological polar surface area (TPSA) is 43.6 Å². The number of fused-ring (bicyclic) bond motifs is 5. The van der Waals surface area contributed by atoms with Gasteiger partial charge in [-0.15, -0.1) is 0 Å². The molecule has 3 aromatic rings. The molecule has 0 saturated heterocycles. The lowest BCUT2D eigenvalue weighted by molar-refractivity contribution is -0.117. The summed E-state index contributed by atoms with van der Waals surface area (Å²) < 4.78 is 2.51. The second kappa shape index (κ2) is 16.1. The van der Waals surface area contributed by atoms with Crippen LogP contribution in [0.3, 0.4) is 0 Å². The van der Waals surface area contributed by atoms with Crippen LogP contribution < -0.4 is 20.1 Å². The Kier molecular flexibility index (Phi) is 12.6. The molecule has 6 rings (SSSR count). The molecule has 3 aliphatic rings. The van der Waals surface area contributed by atoms with Crippen LogP contribution in [0.4, 0.5) is 5.69 Å². The Labute approximate surface area is 303 Å². The number of amides is 1. The number of carbonyl (C=O) groups is 2. The van der Waals surface area contributed by atoms with Gasteiger partial charge in [0.2, 0.25) is 5.36 Å². The van der Waals surface area contributed by atoms with Crippen LogP contribution in [0.2, 0.25) is 0 Å². The molecule has 0 bridgehead atoms. The molecular formula is C45H64N3O2+. The quantitative estimate of drug-likeness (QED) is 0.238. The zero-order chi connectivity index (χ0) is 37.0. The first-order chi connectivity index (χ1) is 23.7. The van der Waals surface area contributed by atoms with Crippen molar-refractivity contribution in [2.24, 2.45) is 0 Å². The number of nitrogens with zero attached hydrogens (tertiary/aromatic N) is 3. The van der Waals surface area contributed by atoms with Gasteiger partial charge < -0.3 is 14.6 Å². The molecule has 0 saturated carbocycles. The van der Waals surface area contributed by atoms with E-state index in [1.165, 1.54) is 64.3 Å². The van der Waals surface area contributed by atoms with E-state index in [9.17, 15) is 9.59 Å². The van der Waals surface area contributed by atoms with Crippen LogP contribution in [0.15, 0.2) is 48.5 Å². The third-order valence-electron chi connectivity index (χ3n) is 11.1. The summed E-state index contributed by atoms with van der Waals surface area (Å²) >= 11 is 0. The second-order valence-electron chi connectivity index (χ2n) is 15.5. The number of hydrogen-bond acceptors (Lipinski definition) is 3. The molecule has 1 atom stereocenters. The molecule has 3 aromatic carbocycles. The highest BCUT2D eigenvalue weighted by molar-refractivity contribution is 5.94. The van der Waals surface area contributed by atoms with E-state index in [4.69, 9.17) is 0 Å². The van der Waals surface area contributed by atoms with E-state index < -0.39 is 0 Å². The number of hydrogen-bond donors (Lipinski definition) is 0. The van der Waals surface area contributed by atoms with Crippen LogP contribution in [-0.4, -0.2) is 55.9 Å². The fraction of sp³-hybridized carbons (Fsp3) is 0.533. The number of ketones is 1. The molecule has 1 aliphatic carbocycles. The number of carbonyl (C=O) groups excluding carboxylic acids is 2. The van der Waals surface area contributed by atoms with Crippen molar-refractivity contribution in [1.82, 2.24) is 9.48 Å². The number of aryl methyl sites for hydroxylation is 1. The van der Waals surface area contributed by atoms with Crippen LogP contribution in [0.5, 0.6) is 0 Å². The van der Waals surface area contributed by atoms with E-state index in [2.05, 4.69) is 89.3 Å². The third kappa shape index (κ3) is 7.77. The summed E-state index contributed by atoms with van der Waals surface area (Å²) in [6.07, 6.45) is 8.54. The Morgan fingerprint density at radius 3 is 2.32 bits per heavy atom. The average Bonchev–Trinajstić information content (AvgIpc) is 3.08. The standard InChI is InChI=1S/C30H41N2.C13H17NO2.C2H6/c1-9-20-14-22-15-21-16-24-19(3)18-29(4,5)32(10-2)26(24)17-25(21)30(6,7)27(22)23-12-11-13-31(8)28(20)23;1-11(15)7-6-10-14(2)13(16)12-8-4-3-5-9-12;1-2/h14-17,19H,9-13,18H2,1-8H3;3-5,8-9H,6-7,10H2,1-2H3;1-2H3/q+1;;. The van der Waals surface area contributed by atoms with Crippen molar-refractivity contribution in [2.45, 2.75) is 125 Å². The summed E-state index contributed by atoms with van der Waals surface area (Å²) in [6, 6.07) is 16.8. The highest BCUT2D eigenvalue weighted by Crippen LogP contribution is 2.47. The Balaban J connectivity index is 0.000000264. The molecule has 0 aromatic heterocycles. The van der Waals surface area contributed by atoms with E-state index in [-0.39, 0.29) is 22.6 Å². The molecule has 0 spiro atoms. The largest absolute Gasteiger partial charge is 0.366 e. The first kappa shape index (κ1) is 39.1. The van der Waals surface area contributed by atoms with Crippen molar-refractivity contribution >= 4 is 23.5 Å². The zero-order valence-electron chi connectivity index (χ0n) is 33.3. The molecule has 5 nitrogen and oxygen atoms in total. The van der Waals surface area contributed by atoms with Crippen LogP contribution >= 0.6 is 0 Å². The van der Waals surface area contributed by atoms with Gasteiger partial charge in [0, 0.05) is 66.3 Å². The normalized spacial score (nSPS) is 17.6. The van der Waals surface area contributed by atoms with Gasteiger partial charge in [0.1, 0.15) is 19.4 Å². The van der Waals surface area contributed by atoms with Gasteiger partial charge in [0.25, 0.3) is 5.91 Å². The third-order valence-corrected chi connectivity index (χ3v) is 11.1. The van der Waals surface area contributed by atoms with Crippen molar-refractivity contribution < 1.29 is 9.59 Å². The Hall–Kier alpha value is -3.73. The van der Waals surface area contributed by atoms with Gasteiger partial charge in [-0.3, -0.25) is 4.79 Å². The minimum absolute atomic E-state index is 0.00384. The Bertz CT molecular complexity index is 1820. The van der Waals surface area contributed by atoms with Crippen LogP contribution in [0.1, 0.15) is 145 Å². The summed E-state index contributed by atoms with van der Waals surface area (Å²) in [5.74, 6) is 0.763. The van der Waals surface area contributed by atoms with E-state index in [1.807, 2.05) is 32.0 Å². The maximum atomic E-state index is 11.9. The number of anilines is 1. The molecule has 5 heteroatoms. The fourth-order valence-electron chi connectivity index (χ4n) is 8.84. The number of rotatable bonds is 7. The van der Waals surface area contributed by atoms with Crippen molar-refractivity contribution in [1.29, 1.82) is 0 Å². The second-order valence-corrected chi connectivity index (χ2v) is 15.5. The molecule has 0 radical (unpaired) electrons. The smallest absolute Gasteiger partial charge is 0.253 e. The summed E-state index contributed by atoms with van der Waals surface area (Å²) in [4.78, 5) is 26.9. The van der Waals surface area contributed by atoms with Gasteiger partial charge in [0.15, 0.2) is 0 Å². The number of benzene rings is 3. The zero-order valence-corrected chi connectivity index (χ0v) is 33.3. The van der Waals surface area contributed by atoms with E-state index in [0.29, 0.717) is 24.4 Å². The molecule has 2 heterocycles. The van der Waals surface area contributed by atoms with Crippen molar-refractivity contribution in [2.75, 3.05) is 38.6 Å². The summed E-state index contributed by atoms with van der Waals surface area (Å²) in [6.45, 7) is 25.2. The average molecular weight is 679 g/mol. The monoisotopic (exact) mass is 678 g/mol. The molecule has 0 fully saturated rings. The molecule has 50 heavy (non-hydrogen) atoms. The fourth-order valence-corrected chi connectivity index (χ4v) is 8.84. The Morgan fingerprint density at radius 2 is 1.70 bits per heavy atom. The van der Waals surface area contributed by atoms with Crippen molar-refractivity contribution in [3.63, 3.8) is 0 Å². The molecule has 1 amide bonds. The van der Waals surface area contributed by atoms with Gasteiger partial charge in [-0.2, -0.15) is 0 Å². The first-order valence-electron chi connectivity index (χ1n) is 19.2. The maximum Gasteiger partial charge on any atom is 0.253 e. The minimum Gasteiger partial charge on any atom is -0.366 e.